The molecule has 0 aromatic heterocycles. The Balaban J connectivity index is 2.29. The molecule has 0 heterocycles. The van der Waals surface area contributed by atoms with E-state index in [0.29, 0.717) is 39.3 Å². The Labute approximate surface area is 183 Å². The molecule has 0 saturated heterocycles. The van der Waals surface area contributed by atoms with Gasteiger partial charge in [-0.1, -0.05) is 32.1 Å². The maximum atomic E-state index is 13.7. The number of fused-ring (bicyclic) bond motifs is 1. The zero-order valence-corrected chi connectivity index (χ0v) is 18.5. The minimum absolute atomic E-state index is 0.100. The topological polar surface area (TPSA) is 83.2 Å². The minimum atomic E-state index is -0.471. The number of rotatable bonds is 6. The predicted molar refractivity (Wildman–Crippen MR) is 122 cm³/mol. The monoisotopic (exact) mass is 414 g/mol. The highest BCUT2D eigenvalue weighted by Gasteiger charge is 2.39. The van der Waals surface area contributed by atoms with Crippen molar-refractivity contribution in [1.82, 2.24) is 0 Å². The van der Waals surface area contributed by atoms with Gasteiger partial charge in [0.25, 0.3) is 0 Å². The second-order valence-electron chi connectivity index (χ2n) is 8.31. The number of nitrogens with one attached hydrogen (secondary N) is 1. The maximum absolute atomic E-state index is 13.7. The third kappa shape index (κ3) is 3.77. The molecule has 0 amide bonds. The Morgan fingerprint density at radius 1 is 1.16 bits per heavy atom. The Hall–Kier alpha value is -3.65. The van der Waals surface area contributed by atoms with Gasteiger partial charge in [0.2, 0.25) is 0 Å². The van der Waals surface area contributed by atoms with E-state index in [0.717, 1.165) is 11.1 Å². The first kappa shape index (κ1) is 22.0. The first-order chi connectivity index (χ1) is 14.6. The van der Waals surface area contributed by atoms with Crippen LogP contribution in [0.2, 0.25) is 0 Å². The van der Waals surface area contributed by atoms with Gasteiger partial charge in [-0.15, -0.1) is 0 Å². The lowest BCUT2D eigenvalue weighted by Crippen LogP contribution is -2.30. The Morgan fingerprint density at radius 2 is 1.87 bits per heavy atom. The molecule has 0 fully saturated rings. The molecule has 2 aromatic carbocycles. The number of ketones is 1. The highest BCUT2D eigenvalue weighted by Crippen LogP contribution is 2.47. The van der Waals surface area contributed by atoms with Crippen LogP contribution >= 0.6 is 0 Å². The number of carbonyl (C=O) groups is 1. The second-order valence-corrected chi connectivity index (χ2v) is 8.31. The summed E-state index contributed by atoms with van der Waals surface area (Å²) in [5, 5.41) is 17.0. The summed E-state index contributed by atoms with van der Waals surface area (Å²) in [6.07, 6.45) is 2.42. The van der Waals surface area contributed by atoms with Gasteiger partial charge in [-0.2, -0.15) is 5.26 Å². The molecule has 2 aromatic rings. The first-order valence-corrected chi connectivity index (χ1v) is 10.1. The molecule has 0 unspecified atom stereocenters. The fourth-order valence-electron chi connectivity index (χ4n) is 3.92. The summed E-state index contributed by atoms with van der Waals surface area (Å²) in [7, 11) is 0. The van der Waals surface area contributed by atoms with Crippen molar-refractivity contribution < 1.29 is 14.3 Å². The molecular formula is C26H26N2O3. The third-order valence-electron chi connectivity index (χ3n) is 5.72. The molecule has 5 nitrogen and oxygen atoms in total. The van der Waals surface area contributed by atoms with Crippen molar-refractivity contribution in [2.75, 3.05) is 0 Å². The van der Waals surface area contributed by atoms with Gasteiger partial charge in [-0.25, -0.2) is 0 Å². The molecule has 0 aliphatic heterocycles. The average molecular weight is 415 g/mol. The number of Topliss-reactive ketones (excluding diaryl/α,β-unsaturated/α-hetero) is 1. The summed E-state index contributed by atoms with van der Waals surface area (Å²) >= 11 is 0. The molecule has 0 saturated carbocycles. The van der Waals surface area contributed by atoms with Gasteiger partial charge in [0, 0.05) is 28.3 Å². The standard InChI is InChI=1S/C26H26N2O3/c1-7-30-22-12-21-20(11-23(22)31-15(2)3)25(29)24(16(4)26(21,5)6)19-9-8-17(13-27)10-18(19)14-28/h7-12,14-15,28H,1H2,2-6H3. The molecule has 1 aliphatic carbocycles. The number of hydrogen-bond acceptors (Lipinski definition) is 5. The van der Waals surface area contributed by atoms with Crippen LogP contribution < -0.4 is 9.47 Å². The average Bonchev–Trinajstić information content (AvgIpc) is 2.73. The Kier molecular flexibility index (Phi) is 5.85. The van der Waals surface area contributed by atoms with Crippen LogP contribution in [0.5, 0.6) is 11.5 Å². The minimum Gasteiger partial charge on any atom is -0.487 e. The fraction of sp³-hybridized carbons (Fsp3) is 0.269. The lowest BCUT2D eigenvalue weighted by molar-refractivity contribution is 0.104. The number of nitriles is 1. The van der Waals surface area contributed by atoms with Crippen LogP contribution in [0.4, 0.5) is 0 Å². The van der Waals surface area contributed by atoms with Crippen LogP contribution in [0.25, 0.3) is 5.57 Å². The summed E-state index contributed by atoms with van der Waals surface area (Å²) in [5.41, 5.74) is 3.98. The first-order valence-electron chi connectivity index (χ1n) is 10.1. The van der Waals surface area contributed by atoms with Crippen LogP contribution in [-0.4, -0.2) is 18.1 Å². The van der Waals surface area contributed by atoms with Gasteiger partial charge in [-0.3, -0.25) is 4.79 Å². The SMILES string of the molecule is C=COc1cc2c(cc1OC(C)C)C(=O)C(c1ccc(C#N)cc1C=N)=C(C)C2(C)C. The summed E-state index contributed by atoms with van der Waals surface area (Å²) in [5.74, 6) is 0.848. The number of hydrogen-bond donors (Lipinski definition) is 1. The molecular weight excluding hydrogens is 388 g/mol. The summed E-state index contributed by atoms with van der Waals surface area (Å²) in [6, 6.07) is 10.7. The van der Waals surface area contributed by atoms with E-state index in [1.54, 1.807) is 24.3 Å². The van der Waals surface area contributed by atoms with Crippen molar-refractivity contribution in [2.45, 2.75) is 46.1 Å². The van der Waals surface area contributed by atoms with E-state index >= 15 is 0 Å². The second kappa shape index (κ2) is 8.23. The van der Waals surface area contributed by atoms with Crippen LogP contribution in [0.1, 0.15) is 67.2 Å². The van der Waals surface area contributed by atoms with E-state index in [1.807, 2.05) is 26.8 Å². The van der Waals surface area contributed by atoms with Crippen LogP contribution in [0.3, 0.4) is 0 Å². The van der Waals surface area contributed by atoms with Crippen molar-refractivity contribution >= 4 is 17.6 Å². The lowest BCUT2D eigenvalue weighted by atomic mass is 9.67. The van der Waals surface area contributed by atoms with Gasteiger partial charge in [0.15, 0.2) is 17.3 Å². The van der Waals surface area contributed by atoms with Crippen molar-refractivity contribution in [3.63, 3.8) is 0 Å². The Bertz CT molecular complexity index is 1160. The highest BCUT2D eigenvalue weighted by molar-refractivity contribution is 6.32. The molecule has 3 rings (SSSR count). The quantitative estimate of drug-likeness (QED) is 0.477. The van der Waals surface area contributed by atoms with E-state index in [9.17, 15) is 10.1 Å². The van der Waals surface area contributed by atoms with Crippen LogP contribution in [0, 0.1) is 16.7 Å². The summed E-state index contributed by atoms with van der Waals surface area (Å²) in [4.78, 5) is 13.7. The molecule has 0 radical (unpaired) electrons. The smallest absolute Gasteiger partial charge is 0.194 e. The van der Waals surface area contributed by atoms with Crippen LogP contribution in [0.15, 0.2) is 48.7 Å². The molecule has 1 N–H and O–H groups in total. The van der Waals surface area contributed by atoms with Gasteiger partial charge in [0.05, 0.1) is 24.0 Å². The van der Waals surface area contributed by atoms with Gasteiger partial charge < -0.3 is 14.9 Å². The van der Waals surface area contributed by atoms with Crippen molar-refractivity contribution in [2.24, 2.45) is 0 Å². The molecule has 31 heavy (non-hydrogen) atoms. The molecule has 0 bridgehead atoms. The van der Waals surface area contributed by atoms with Gasteiger partial charge in [-0.05, 0) is 56.2 Å². The van der Waals surface area contributed by atoms with Crippen LogP contribution in [-0.2, 0) is 5.41 Å². The third-order valence-corrected chi connectivity index (χ3v) is 5.72. The normalized spacial score (nSPS) is 14.7. The molecule has 0 spiro atoms. The largest absolute Gasteiger partial charge is 0.487 e. The van der Waals surface area contributed by atoms with E-state index < -0.39 is 5.41 Å². The number of carbonyl (C=O) groups excluding carboxylic acids is 1. The molecule has 5 heteroatoms. The predicted octanol–water partition coefficient (Wildman–Crippen LogP) is 5.81. The Morgan fingerprint density at radius 3 is 2.45 bits per heavy atom. The molecule has 158 valence electrons. The van der Waals surface area contributed by atoms with E-state index in [4.69, 9.17) is 14.9 Å². The summed E-state index contributed by atoms with van der Waals surface area (Å²) in [6.45, 7) is 13.5. The zero-order valence-electron chi connectivity index (χ0n) is 18.5. The van der Waals surface area contributed by atoms with Crippen molar-refractivity contribution in [3.8, 4) is 17.6 Å². The fourth-order valence-corrected chi connectivity index (χ4v) is 3.92. The highest BCUT2D eigenvalue weighted by atomic mass is 16.5. The van der Waals surface area contributed by atoms with Gasteiger partial charge >= 0.3 is 0 Å². The number of benzene rings is 2. The zero-order chi connectivity index (χ0) is 22.9. The molecule has 0 atom stereocenters. The molecule has 1 aliphatic rings. The maximum Gasteiger partial charge on any atom is 0.194 e. The van der Waals surface area contributed by atoms with E-state index in [-0.39, 0.29) is 11.9 Å². The lowest BCUT2D eigenvalue weighted by Gasteiger charge is -2.36. The van der Waals surface area contributed by atoms with E-state index in [1.165, 1.54) is 12.5 Å². The summed E-state index contributed by atoms with van der Waals surface area (Å²) < 4.78 is 11.5. The van der Waals surface area contributed by atoms with Crippen molar-refractivity contribution in [3.05, 3.63) is 76.6 Å². The van der Waals surface area contributed by atoms with Gasteiger partial charge in [0.1, 0.15) is 0 Å². The van der Waals surface area contributed by atoms with Crippen molar-refractivity contribution in [1.29, 1.82) is 10.7 Å². The number of nitrogens with zero attached hydrogens (tertiary/aromatic N) is 1. The number of allylic oxidation sites excluding steroid dienone is 2. The van der Waals surface area contributed by atoms with E-state index in [2.05, 4.69) is 26.5 Å². The number of ether oxygens (including phenoxy) is 2.